The van der Waals surface area contributed by atoms with Crippen LogP contribution in [-0.2, 0) is 14.4 Å². The number of fused-ring (bicyclic) bond motifs is 1. The topological polar surface area (TPSA) is 158 Å². The summed E-state index contributed by atoms with van der Waals surface area (Å²) in [4.78, 5) is 64.6. The zero-order valence-electron chi connectivity index (χ0n) is 23.3. The Kier molecular flexibility index (Phi) is 12.7. The first-order valence-corrected chi connectivity index (χ1v) is 15.2. The van der Waals surface area contributed by atoms with Crippen LogP contribution in [0.2, 0.25) is 0 Å². The lowest BCUT2D eigenvalue weighted by atomic mass is 10.0. The number of carbonyl (C=O) groups excluding carboxylic acids is 5. The highest BCUT2D eigenvalue weighted by atomic mass is 32.2. The van der Waals surface area contributed by atoms with Crippen molar-refractivity contribution in [1.29, 1.82) is 0 Å². The van der Waals surface area contributed by atoms with E-state index in [4.69, 9.17) is 0 Å². The van der Waals surface area contributed by atoms with E-state index in [-0.39, 0.29) is 29.9 Å². The number of thioether (sulfide) groups is 1. The Balaban J connectivity index is 1.28. The molecule has 0 spiro atoms. The van der Waals surface area contributed by atoms with E-state index in [1.165, 1.54) is 6.20 Å². The zero-order chi connectivity index (χ0) is 28.9. The number of unbranched alkanes of at least 4 members (excludes halogenated alkanes) is 2. The average molecular weight is 575 g/mol. The summed E-state index contributed by atoms with van der Waals surface area (Å²) in [7, 11) is 0. The first-order valence-electron chi connectivity index (χ1n) is 14.2. The Morgan fingerprint density at radius 2 is 1.98 bits per heavy atom. The number of nitrogens with one attached hydrogen (secondary N) is 5. The van der Waals surface area contributed by atoms with E-state index >= 15 is 0 Å². The SMILES string of the molecule is CC(C)C[C@H](NC(=O)c1cccnc1)C(=O)N[C@H](C=O)CCCCNC(=O)CCCC[C@@H]1SC[C@@H]2NC(=O)N[C@@H]21. The van der Waals surface area contributed by atoms with Crippen molar-refractivity contribution in [2.45, 2.75) is 94.6 Å². The summed E-state index contributed by atoms with van der Waals surface area (Å²) < 4.78 is 0. The Morgan fingerprint density at radius 1 is 1.15 bits per heavy atom. The van der Waals surface area contributed by atoms with Crippen molar-refractivity contribution in [3.05, 3.63) is 30.1 Å². The Morgan fingerprint density at radius 3 is 2.70 bits per heavy atom. The first-order chi connectivity index (χ1) is 19.3. The molecule has 2 saturated heterocycles. The number of aromatic nitrogens is 1. The van der Waals surface area contributed by atoms with E-state index in [2.05, 4.69) is 31.6 Å². The Labute approximate surface area is 240 Å². The number of rotatable bonds is 17. The van der Waals surface area contributed by atoms with Crippen LogP contribution in [0, 0.1) is 5.92 Å². The summed E-state index contributed by atoms with van der Waals surface area (Å²) in [5.41, 5.74) is 0.362. The maximum atomic E-state index is 12.9. The van der Waals surface area contributed by atoms with Gasteiger partial charge in [-0.1, -0.05) is 20.3 Å². The van der Waals surface area contributed by atoms with Crippen LogP contribution in [0.1, 0.15) is 75.6 Å². The molecule has 220 valence electrons. The summed E-state index contributed by atoms with van der Waals surface area (Å²) in [6.07, 6.45) is 9.12. The minimum atomic E-state index is -0.767. The maximum absolute atomic E-state index is 12.9. The number of carbonyl (C=O) groups is 5. The van der Waals surface area contributed by atoms with Crippen molar-refractivity contribution in [1.82, 2.24) is 31.6 Å². The fraction of sp³-hybridized carbons (Fsp3) is 0.643. The molecule has 11 nitrogen and oxygen atoms in total. The lowest BCUT2D eigenvalue weighted by Gasteiger charge is -2.22. The van der Waals surface area contributed by atoms with Crippen molar-refractivity contribution in [3.8, 4) is 0 Å². The molecule has 0 aliphatic carbocycles. The predicted octanol–water partition coefficient (Wildman–Crippen LogP) is 1.92. The maximum Gasteiger partial charge on any atom is 0.315 e. The Hall–Kier alpha value is -3.15. The minimum Gasteiger partial charge on any atom is -0.356 e. The number of hydrogen-bond acceptors (Lipinski definition) is 7. The van der Waals surface area contributed by atoms with E-state index in [0.29, 0.717) is 55.7 Å². The van der Waals surface area contributed by atoms with Crippen LogP contribution in [0.5, 0.6) is 0 Å². The van der Waals surface area contributed by atoms with Gasteiger partial charge in [0, 0.05) is 36.4 Å². The fourth-order valence-electron chi connectivity index (χ4n) is 4.98. The summed E-state index contributed by atoms with van der Waals surface area (Å²) >= 11 is 1.88. The van der Waals surface area contributed by atoms with Crippen LogP contribution < -0.4 is 26.6 Å². The molecule has 5 atom stereocenters. The third-order valence-electron chi connectivity index (χ3n) is 7.09. The molecule has 2 aliphatic heterocycles. The number of amides is 5. The van der Waals surface area contributed by atoms with Gasteiger partial charge < -0.3 is 31.4 Å². The van der Waals surface area contributed by atoms with Crippen molar-refractivity contribution >= 4 is 41.8 Å². The van der Waals surface area contributed by atoms with Gasteiger partial charge >= 0.3 is 6.03 Å². The predicted molar refractivity (Wildman–Crippen MR) is 154 cm³/mol. The quantitative estimate of drug-likeness (QED) is 0.108. The molecule has 0 unspecified atom stereocenters. The van der Waals surface area contributed by atoms with Crippen LogP contribution >= 0.6 is 11.8 Å². The summed E-state index contributed by atoms with van der Waals surface area (Å²) in [5, 5.41) is 14.8. The first kappa shape index (κ1) is 31.4. The highest BCUT2D eigenvalue weighted by molar-refractivity contribution is 8.00. The van der Waals surface area contributed by atoms with E-state index in [1.54, 1.807) is 18.3 Å². The number of hydrogen-bond donors (Lipinski definition) is 5. The van der Waals surface area contributed by atoms with Gasteiger partial charge in [-0.2, -0.15) is 11.8 Å². The third kappa shape index (κ3) is 10.1. The molecule has 0 radical (unpaired) electrons. The Bertz CT molecular complexity index is 1010. The minimum absolute atomic E-state index is 0.00825. The molecule has 12 heteroatoms. The second-order valence-corrected chi connectivity index (χ2v) is 12.1. The van der Waals surface area contributed by atoms with E-state index < -0.39 is 23.9 Å². The average Bonchev–Trinajstić information content (AvgIpc) is 3.49. The van der Waals surface area contributed by atoms with E-state index in [9.17, 15) is 24.0 Å². The van der Waals surface area contributed by atoms with Crippen LogP contribution in [0.4, 0.5) is 4.79 Å². The van der Waals surface area contributed by atoms with Crippen LogP contribution in [0.15, 0.2) is 24.5 Å². The molecule has 0 bridgehead atoms. The van der Waals surface area contributed by atoms with Gasteiger partial charge in [-0.25, -0.2) is 4.79 Å². The molecule has 2 fully saturated rings. The van der Waals surface area contributed by atoms with Crippen molar-refractivity contribution in [2.75, 3.05) is 12.3 Å². The summed E-state index contributed by atoms with van der Waals surface area (Å²) in [6.45, 7) is 4.43. The lowest BCUT2D eigenvalue weighted by Crippen LogP contribution is -2.50. The molecule has 40 heavy (non-hydrogen) atoms. The number of urea groups is 1. The number of nitrogens with zero attached hydrogens (tertiary/aromatic N) is 1. The van der Waals surface area contributed by atoms with Gasteiger partial charge in [0.2, 0.25) is 11.8 Å². The molecule has 1 aromatic heterocycles. The standard InChI is InChI=1S/C28H42N6O5S/c1-18(2)14-21(32-26(37)19-8-7-12-29-15-19)27(38)31-20(16-35)9-5-6-13-30-24(36)11-4-3-10-23-25-22(17-40-23)33-28(39)34-25/h7-8,12,15-16,18,20-23,25H,3-6,9-11,13-14,17H2,1-2H3,(H,30,36)(H,31,38)(H,32,37)(H2,33,34,39)/t20-,21-,22-,23-,25-/m0/s1. The number of pyridine rings is 1. The van der Waals surface area contributed by atoms with Crippen molar-refractivity contribution in [3.63, 3.8) is 0 Å². The molecule has 1 aromatic rings. The van der Waals surface area contributed by atoms with Gasteiger partial charge in [0.05, 0.1) is 23.7 Å². The molecular weight excluding hydrogens is 532 g/mol. The largest absolute Gasteiger partial charge is 0.356 e. The smallest absolute Gasteiger partial charge is 0.315 e. The molecule has 0 saturated carbocycles. The molecule has 2 aliphatic rings. The summed E-state index contributed by atoms with van der Waals surface area (Å²) in [6, 6.07) is 2.17. The lowest BCUT2D eigenvalue weighted by molar-refractivity contribution is -0.126. The highest BCUT2D eigenvalue weighted by Crippen LogP contribution is 2.33. The normalized spacial score (nSPS) is 21.1. The third-order valence-corrected chi connectivity index (χ3v) is 8.60. The summed E-state index contributed by atoms with van der Waals surface area (Å²) in [5.74, 6) is 0.315. The van der Waals surface area contributed by atoms with Crippen LogP contribution in [0.25, 0.3) is 0 Å². The van der Waals surface area contributed by atoms with E-state index in [0.717, 1.165) is 25.0 Å². The van der Waals surface area contributed by atoms with Gasteiger partial charge in [0.1, 0.15) is 12.3 Å². The molecule has 5 N–H and O–H groups in total. The van der Waals surface area contributed by atoms with E-state index in [1.807, 2.05) is 25.6 Å². The van der Waals surface area contributed by atoms with Gasteiger partial charge in [-0.05, 0) is 56.6 Å². The van der Waals surface area contributed by atoms with Crippen molar-refractivity contribution < 1.29 is 24.0 Å². The molecule has 0 aromatic carbocycles. The monoisotopic (exact) mass is 574 g/mol. The van der Waals surface area contributed by atoms with Gasteiger partial charge in [-0.3, -0.25) is 19.4 Å². The van der Waals surface area contributed by atoms with Gasteiger partial charge in [0.25, 0.3) is 5.91 Å². The van der Waals surface area contributed by atoms with Gasteiger partial charge in [-0.15, -0.1) is 0 Å². The number of aldehydes is 1. The molecule has 3 rings (SSSR count). The van der Waals surface area contributed by atoms with Gasteiger partial charge in [0.15, 0.2) is 0 Å². The second-order valence-electron chi connectivity index (χ2n) is 10.9. The van der Waals surface area contributed by atoms with Crippen LogP contribution in [0.3, 0.4) is 0 Å². The molecule has 3 heterocycles. The van der Waals surface area contributed by atoms with Crippen molar-refractivity contribution in [2.24, 2.45) is 5.92 Å². The molecule has 5 amide bonds. The fourth-order valence-corrected chi connectivity index (χ4v) is 6.52. The molecular formula is C28H42N6O5S. The zero-order valence-corrected chi connectivity index (χ0v) is 24.1. The second kappa shape index (κ2) is 16.2. The van der Waals surface area contributed by atoms with Crippen LogP contribution in [-0.4, -0.2) is 76.7 Å². The highest BCUT2D eigenvalue weighted by Gasteiger charge is 2.42.